The minimum Gasteiger partial charge on any atom is -0.497 e. The van der Waals surface area contributed by atoms with Gasteiger partial charge in [-0.05, 0) is 66.9 Å². The van der Waals surface area contributed by atoms with Crippen LogP contribution in [0.2, 0.25) is 0 Å². The van der Waals surface area contributed by atoms with Crippen LogP contribution in [0.25, 0.3) is 0 Å². The first kappa shape index (κ1) is 24.3. The number of nitrogens with one attached hydrogen (secondary N) is 2. The van der Waals surface area contributed by atoms with Gasteiger partial charge in [0, 0.05) is 5.56 Å². The molecule has 3 aromatic carbocycles. The number of ether oxygens (including phenoxy) is 3. The fraction of sp³-hybridized carbons (Fsp3) is 0.192. The van der Waals surface area contributed by atoms with Crippen LogP contribution in [0.1, 0.15) is 37.4 Å². The molecule has 0 aliphatic rings. The summed E-state index contributed by atoms with van der Waals surface area (Å²) in [6.45, 7) is 4.04. The molecule has 0 heterocycles. The first-order valence-corrected chi connectivity index (χ1v) is 10.5. The van der Waals surface area contributed by atoms with E-state index in [1.165, 1.54) is 33.0 Å². The summed E-state index contributed by atoms with van der Waals surface area (Å²) in [5.41, 5.74) is 6.51. The third kappa shape index (κ3) is 5.72. The molecule has 2 N–H and O–H groups in total. The van der Waals surface area contributed by atoms with Gasteiger partial charge < -0.3 is 19.5 Å². The lowest BCUT2D eigenvalue weighted by atomic mass is 10.1. The minimum atomic E-state index is -0.499. The first-order valence-electron chi connectivity index (χ1n) is 10.5. The van der Waals surface area contributed by atoms with Gasteiger partial charge in [0.25, 0.3) is 11.8 Å². The maximum absolute atomic E-state index is 12.9. The lowest BCUT2D eigenvalue weighted by molar-refractivity contribution is 0.0955. The lowest BCUT2D eigenvalue weighted by Crippen LogP contribution is -2.21. The number of amides is 2. The highest BCUT2D eigenvalue weighted by Gasteiger charge is 2.17. The van der Waals surface area contributed by atoms with Crippen LogP contribution in [0.3, 0.4) is 0 Å². The standard InChI is InChI=1S/C26H27N3O5/c1-16-6-7-18(12-17(16)2)15-27-29-26(31)21-14-20(32-3)9-10-22(21)28-25(30)19-8-11-23(33-4)24(13-19)34-5/h6-15H,1-5H3,(H,28,30)(H,29,31)/b27-15+. The molecule has 3 rings (SSSR count). The van der Waals surface area contributed by atoms with E-state index >= 15 is 0 Å². The Labute approximate surface area is 198 Å². The van der Waals surface area contributed by atoms with Crippen LogP contribution in [-0.4, -0.2) is 39.4 Å². The van der Waals surface area contributed by atoms with Crippen molar-refractivity contribution in [3.8, 4) is 17.2 Å². The molecule has 0 atom stereocenters. The predicted octanol–water partition coefficient (Wildman–Crippen LogP) is 4.35. The van der Waals surface area contributed by atoms with E-state index in [1.54, 1.807) is 36.5 Å². The second kappa shape index (κ2) is 11.0. The third-order valence-corrected chi connectivity index (χ3v) is 5.28. The Morgan fingerprint density at radius 1 is 0.794 bits per heavy atom. The van der Waals surface area contributed by atoms with E-state index in [4.69, 9.17) is 14.2 Å². The second-order valence-electron chi connectivity index (χ2n) is 7.48. The molecule has 0 saturated heterocycles. The van der Waals surface area contributed by atoms with Gasteiger partial charge in [0.1, 0.15) is 5.75 Å². The van der Waals surface area contributed by atoms with Crippen LogP contribution in [-0.2, 0) is 0 Å². The summed E-state index contributed by atoms with van der Waals surface area (Å²) < 4.78 is 15.7. The summed E-state index contributed by atoms with van der Waals surface area (Å²) in [6.07, 6.45) is 1.56. The molecule has 8 heteroatoms. The van der Waals surface area contributed by atoms with Gasteiger partial charge in [-0.25, -0.2) is 5.43 Å². The van der Waals surface area contributed by atoms with Gasteiger partial charge in [-0.15, -0.1) is 0 Å². The van der Waals surface area contributed by atoms with Crippen molar-refractivity contribution in [2.75, 3.05) is 26.6 Å². The van der Waals surface area contributed by atoms with Gasteiger partial charge in [-0.2, -0.15) is 5.10 Å². The van der Waals surface area contributed by atoms with Crippen LogP contribution in [0.15, 0.2) is 59.7 Å². The Bertz CT molecular complexity index is 1240. The number of anilines is 1. The van der Waals surface area contributed by atoms with E-state index in [9.17, 15) is 9.59 Å². The zero-order chi connectivity index (χ0) is 24.7. The van der Waals surface area contributed by atoms with Crippen molar-refractivity contribution in [2.45, 2.75) is 13.8 Å². The SMILES string of the molecule is COc1ccc(NC(=O)c2ccc(OC)c(OC)c2)c(C(=O)N/N=C/c2ccc(C)c(C)c2)c1. The Hall–Kier alpha value is -4.33. The molecule has 0 fully saturated rings. The van der Waals surface area contributed by atoms with Gasteiger partial charge in [0.15, 0.2) is 11.5 Å². The lowest BCUT2D eigenvalue weighted by Gasteiger charge is -2.13. The number of hydrazone groups is 1. The number of rotatable bonds is 8. The van der Waals surface area contributed by atoms with Crippen LogP contribution >= 0.6 is 0 Å². The normalized spacial score (nSPS) is 10.6. The molecule has 0 unspecified atom stereocenters. The highest BCUT2D eigenvalue weighted by Crippen LogP contribution is 2.28. The number of carbonyl (C=O) groups excluding carboxylic acids is 2. The quantitative estimate of drug-likeness (QED) is 0.384. The maximum atomic E-state index is 12.9. The van der Waals surface area contributed by atoms with Crippen LogP contribution in [0, 0.1) is 13.8 Å². The van der Waals surface area contributed by atoms with Crippen molar-refractivity contribution < 1.29 is 23.8 Å². The summed E-state index contributed by atoms with van der Waals surface area (Å²) in [4.78, 5) is 25.7. The molecular weight excluding hydrogens is 434 g/mol. The zero-order valence-corrected chi connectivity index (χ0v) is 19.8. The smallest absolute Gasteiger partial charge is 0.273 e. The van der Waals surface area contributed by atoms with Crippen molar-refractivity contribution in [1.29, 1.82) is 0 Å². The molecule has 3 aromatic rings. The highest BCUT2D eigenvalue weighted by molar-refractivity contribution is 6.09. The topological polar surface area (TPSA) is 98.3 Å². The molecule has 0 saturated carbocycles. The van der Waals surface area contributed by atoms with E-state index in [-0.39, 0.29) is 5.56 Å². The number of carbonyl (C=O) groups is 2. The molecule has 34 heavy (non-hydrogen) atoms. The first-order chi connectivity index (χ1) is 16.4. The third-order valence-electron chi connectivity index (χ3n) is 5.28. The van der Waals surface area contributed by atoms with Gasteiger partial charge >= 0.3 is 0 Å². The second-order valence-corrected chi connectivity index (χ2v) is 7.48. The molecule has 0 spiro atoms. The summed E-state index contributed by atoms with van der Waals surface area (Å²) in [6, 6.07) is 15.5. The average Bonchev–Trinajstić information content (AvgIpc) is 2.85. The van der Waals surface area contributed by atoms with Crippen molar-refractivity contribution >= 4 is 23.7 Å². The molecule has 8 nitrogen and oxygen atoms in total. The van der Waals surface area contributed by atoms with Crippen LogP contribution in [0.5, 0.6) is 17.2 Å². The molecule has 0 aromatic heterocycles. The van der Waals surface area contributed by atoms with Crippen molar-refractivity contribution in [3.63, 3.8) is 0 Å². The number of aryl methyl sites for hydroxylation is 2. The molecule has 2 amide bonds. The summed E-state index contributed by atoms with van der Waals surface area (Å²) in [5.74, 6) is 0.474. The zero-order valence-electron chi connectivity index (χ0n) is 19.8. The number of methoxy groups -OCH3 is 3. The van der Waals surface area contributed by atoms with Crippen LogP contribution < -0.4 is 25.0 Å². The largest absolute Gasteiger partial charge is 0.497 e. The monoisotopic (exact) mass is 461 g/mol. The minimum absolute atomic E-state index is 0.199. The van der Waals surface area contributed by atoms with Gasteiger partial charge in [0.05, 0.1) is 38.8 Å². The number of nitrogens with zero attached hydrogens (tertiary/aromatic N) is 1. The van der Waals surface area contributed by atoms with Crippen LogP contribution in [0.4, 0.5) is 5.69 Å². The van der Waals surface area contributed by atoms with E-state index in [2.05, 4.69) is 15.8 Å². The summed E-state index contributed by atoms with van der Waals surface area (Å²) in [7, 11) is 4.50. The molecular formula is C26H27N3O5. The van der Waals surface area contributed by atoms with Crippen molar-refractivity contribution in [3.05, 3.63) is 82.4 Å². The number of benzene rings is 3. The van der Waals surface area contributed by atoms with Crippen molar-refractivity contribution in [2.24, 2.45) is 5.10 Å². The van der Waals surface area contributed by atoms with Gasteiger partial charge in [0.2, 0.25) is 0 Å². The maximum Gasteiger partial charge on any atom is 0.273 e. The van der Waals surface area contributed by atoms with E-state index < -0.39 is 11.8 Å². The Kier molecular flexibility index (Phi) is 7.87. The van der Waals surface area contributed by atoms with Gasteiger partial charge in [-0.1, -0.05) is 18.2 Å². The molecule has 0 bridgehead atoms. The van der Waals surface area contributed by atoms with Crippen molar-refractivity contribution in [1.82, 2.24) is 5.43 Å². The fourth-order valence-corrected chi connectivity index (χ4v) is 3.19. The summed E-state index contributed by atoms with van der Waals surface area (Å²) >= 11 is 0. The van der Waals surface area contributed by atoms with E-state index in [0.29, 0.717) is 28.5 Å². The van der Waals surface area contributed by atoms with Gasteiger partial charge in [-0.3, -0.25) is 9.59 Å². The van der Waals surface area contributed by atoms with E-state index in [0.717, 1.165) is 11.1 Å². The molecule has 0 aliphatic carbocycles. The number of hydrogen-bond acceptors (Lipinski definition) is 6. The molecule has 0 radical (unpaired) electrons. The Morgan fingerprint density at radius 2 is 1.56 bits per heavy atom. The fourth-order valence-electron chi connectivity index (χ4n) is 3.19. The molecule has 176 valence electrons. The average molecular weight is 462 g/mol. The Balaban J connectivity index is 1.81. The predicted molar refractivity (Wildman–Crippen MR) is 131 cm³/mol. The molecule has 0 aliphatic heterocycles. The highest BCUT2D eigenvalue weighted by atomic mass is 16.5. The Morgan fingerprint density at radius 3 is 2.24 bits per heavy atom. The summed E-state index contributed by atoms with van der Waals surface area (Å²) in [5, 5.41) is 6.82. The number of hydrogen-bond donors (Lipinski definition) is 2. The van der Waals surface area contributed by atoms with E-state index in [1.807, 2.05) is 32.0 Å².